The number of hydrogen-bond donors (Lipinski definition) is 3. The van der Waals surface area contributed by atoms with Crippen LogP contribution < -0.4 is 15.4 Å². The van der Waals surface area contributed by atoms with Gasteiger partial charge in [-0.25, -0.2) is 4.79 Å². The van der Waals surface area contributed by atoms with Gasteiger partial charge in [0.05, 0.1) is 29.6 Å². The monoisotopic (exact) mass is 564 g/mol. The van der Waals surface area contributed by atoms with Crippen molar-refractivity contribution >= 4 is 29.1 Å². The molecule has 3 heterocycles. The van der Waals surface area contributed by atoms with E-state index in [9.17, 15) is 4.79 Å². The molecule has 5 rings (SSSR count). The van der Waals surface area contributed by atoms with E-state index in [1.807, 2.05) is 57.2 Å². The molecule has 10 nitrogen and oxygen atoms in total. The molecule has 2 aromatic carbocycles. The highest BCUT2D eigenvalue weighted by Gasteiger charge is 2.20. The molecule has 11 heteroatoms. The number of aromatic nitrogens is 3. The second-order valence-corrected chi connectivity index (χ2v) is 11.0. The number of nitrogens with zero attached hydrogens (tertiary/aromatic N) is 3. The van der Waals surface area contributed by atoms with Crippen molar-refractivity contribution in [2.75, 3.05) is 50.1 Å². The van der Waals surface area contributed by atoms with Gasteiger partial charge in [-0.1, -0.05) is 37.5 Å². The number of carbonyl (C=O) groups is 1. The molecule has 0 unspecified atom stereocenters. The first kappa shape index (κ1) is 27.7. The normalized spacial score (nSPS) is 14.2. The summed E-state index contributed by atoms with van der Waals surface area (Å²) in [4.78, 5) is 14.8. The van der Waals surface area contributed by atoms with Gasteiger partial charge in [0, 0.05) is 47.9 Å². The van der Waals surface area contributed by atoms with Gasteiger partial charge in [-0.15, -0.1) is 0 Å². The van der Waals surface area contributed by atoms with Crippen LogP contribution in [-0.4, -0.2) is 65.7 Å². The minimum absolute atomic E-state index is 0.208. The molecule has 1 fully saturated rings. The van der Waals surface area contributed by atoms with Gasteiger partial charge in [-0.3, -0.25) is 15.3 Å². The number of hydrogen-bond acceptors (Lipinski definition) is 7. The molecule has 1 aliphatic heterocycles. The van der Waals surface area contributed by atoms with E-state index in [-0.39, 0.29) is 5.41 Å². The van der Waals surface area contributed by atoms with Crippen LogP contribution in [-0.2, 0) is 10.2 Å². The lowest BCUT2D eigenvalue weighted by Gasteiger charge is -2.26. The number of morpholine rings is 1. The Morgan fingerprint density at radius 1 is 1.07 bits per heavy atom. The number of benzene rings is 2. The summed E-state index contributed by atoms with van der Waals surface area (Å²) in [7, 11) is 0. The predicted molar refractivity (Wildman–Crippen MR) is 155 cm³/mol. The predicted octanol–water partition coefficient (Wildman–Crippen LogP) is 6.04. The second kappa shape index (κ2) is 12.1. The molecule has 2 amide bonds. The quantitative estimate of drug-likeness (QED) is 0.239. The highest BCUT2D eigenvalue weighted by Crippen LogP contribution is 2.32. The van der Waals surface area contributed by atoms with Crippen LogP contribution in [0, 0.1) is 0 Å². The van der Waals surface area contributed by atoms with Crippen LogP contribution in [0.2, 0.25) is 5.02 Å². The van der Waals surface area contributed by atoms with E-state index in [4.69, 9.17) is 25.6 Å². The maximum absolute atomic E-state index is 12.4. The first-order chi connectivity index (χ1) is 19.2. The second-order valence-electron chi connectivity index (χ2n) is 10.6. The molecule has 0 bridgehead atoms. The van der Waals surface area contributed by atoms with Gasteiger partial charge in [0.25, 0.3) is 0 Å². The molecule has 40 heavy (non-hydrogen) atoms. The van der Waals surface area contributed by atoms with Crippen LogP contribution in [0.15, 0.2) is 59.1 Å². The summed E-state index contributed by atoms with van der Waals surface area (Å²) >= 11 is 6.57. The Hall–Kier alpha value is -3.86. The average molecular weight is 565 g/mol. The lowest BCUT2D eigenvalue weighted by atomic mass is 9.93. The number of halogens is 1. The molecule has 0 atom stereocenters. The van der Waals surface area contributed by atoms with Crippen molar-refractivity contribution in [2.24, 2.45) is 0 Å². The number of ether oxygens (including phenoxy) is 2. The fourth-order valence-corrected chi connectivity index (χ4v) is 4.51. The van der Waals surface area contributed by atoms with E-state index < -0.39 is 6.03 Å². The summed E-state index contributed by atoms with van der Waals surface area (Å²) < 4.78 is 16.6. The minimum Gasteiger partial charge on any atom is -0.492 e. The van der Waals surface area contributed by atoms with Gasteiger partial charge in [0.15, 0.2) is 5.82 Å². The number of amides is 2. The largest absolute Gasteiger partial charge is 0.492 e. The maximum atomic E-state index is 12.4. The van der Waals surface area contributed by atoms with Crippen LogP contribution in [0.1, 0.15) is 26.5 Å². The third kappa shape index (κ3) is 7.01. The first-order valence-corrected chi connectivity index (χ1v) is 13.6. The van der Waals surface area contributed by atoms with E-state index in [0.717, 1.165) is 61.1 Å². The minimum atomic E-state index is -0.449. The lowest BCUT2D eigenvalue weighted by molar-refractivity contribution is 0.0322. The van der Waals surface area contributed by atoms with Crippen molar-refractivity contribution in [3.63, 3.8) is 0 Å². The smallest absolute Gasteiger partial charge is 0.324 e. The molecule has 0 saturated carbocycles. The van der Waals surface area contributed by atoms with Gasteiger partial charge in [0.2, 0.25) is 0 Å². The fourth-order valence-electron chi connectivity index (χ4n) is 4.22. The number of H-pyrrole nitrogens is 1. The Labute approximate surface area is 238 Å². The van der Waals surface area contributed by atoms with Crippen molar-refractivity contribution < 1.29 is 18.8 Å². The number of rotatable bonds is 8. The van der Waals surface area contributed by atoms with E-state index in [1.54, 1.807) is 18.2 Å². The third-order valence-electron chi connectivity index (χ3n) is 6.52. The first-order valence-electron chi connectivity index (χ1n) is 13.2. The van der Waals surface area contributed by atoms with Crippen molar-refractivity contribution in [3.8, 4) is 28.3 Å². The van der Waals surface area contributed by atoms with E-state index in [2.05, 4.69) is 30.9 Å². The summed E-state index contributed by atoms with van der Waals surface area (Å²) in [5.74, 6) is 1.83. The van der Waals surface area contributed by atoms with Crippen LogP contribution >= 0.6 is 11.6 Å². The topological polar surface area (TPSA) is 118 Å². The molecule has 0 spiro atoms. The highest BCUT2D eigenvalue weighted by molar-refractivity contribution is 6.33. The SMILES string of the molecule is CC(C)(C)c1cc(NC(=O)Nc2ccc(-c3cc(-c4ccc(OCCN5CCOCC5)cc4)n[nH]3)c(Cl)c2)no1. The highest BCUT2D eigenvalue weighted by atomic mass is 35.5. The molecule has 2 aromatic heterocycles. The van der Waals surface area contributed by atoms with E-state index >= 15 is 0 Å². The van der Waals surface area contributed by atoms with Gasteiger partial charge < -0.3 is 19.3 Å². The Balaban J connectivity index is 1.16. The molecule has 0 aliphatic carbocycles. The standard InChI is InChI=1S/C29H33ClN6O4/c1-29(2,3)26-18-27(35-40-26)32-28(37)31-20-6-9-22(23(30)16-20)25-17-24(33-34-25)19-4-7-21(8-5-19)39-15-12-36-10-13-38-14-11-36/h4-9,16-18H,10-15H2,1-3H3,(H,33,34)(H2,31,32,35,37). The van der Waals surface area contributed by atoms with E-state index in [0.29, 0.717) is 28.9 Å². The van der Waals surface area contributed by atoms with Gasteiger partial charge >= 0.3 is 6.03 Å². The van der Waals surface area contributed by atoms with Gasteiger partial charge in [0.1, 0.15) is 18.1 Å². The fraction of sp³-hybridized carbons (Fsp3) is 0.345. The van der Waals surface area contributed by atoms with Crippen LogP contribution in [0.5, 0.6) is 5.75 Å². The number of carbonyl (C=O) groups excluding carboxylic acids is 1. The summed E-state index contributed by atoms with van der Waals surface area (Å²) in [5.41, 5.74) is 3.60. The van der Waals surface area contributed by atoms with E-state index in [1.165, 1.54) is 0 Å². The van der Waals surface area contributed by atoms with Crippen LogP contribution in [0.25, 0.3) is 22.5 Å². The Morgan fingerprint density at radius 2 is 1.85 bits per heavy atom. The number of nitrogens with one attached hydrogen (secondary N) is 3. The molecular formula is C29H33ClN6O4. The molecular weight excluding hydrogens is 532 g/mol. The molecule has 1 aliphatic rings. The molecule has 1 saturated heterocycles. The van der Waals surface area contributed by atoms with Crippen LogP contribution in [0.3, 0.4) is 0 Å². The zero-order valence-corrected chi connectivity index (χ0v) is 23.5. The maximum Gasteiger partial charge on any atom is 0.324 e. The summed E-state index contributed by atoms with van der Waals surface area (Å²) in [5, 5.41) is 17.3. The zero-order valence-electron chi connectivity index (χ0n) is 22.8. The molecule has 4 aromatic rings. The Morgan fingerprint density at radius 3 is 2.55 bits per heavy atom. The number of urea groups is 1. The summed E-state index contributed by atoms with van der Waals surface area (Å²) in [6, 6.07) is 16.3. The lowest BCUT2D eigenvalue weighted by Crippen LogP contribution is -2.38. The van der Waals surface area contributed by atoms with Crippen molar-refractivity contribution in [1.29, 1.82) is 0 Å². The summed E-state index contributed by atoms with van der Waals surface area (Å²) in [6.07, 6.45) is 0. The van der Waals surface area contributed by atoms with Crippen molar-refractivity contribution in [3.05, 3.63) is 65.4 Å². The van der Waals surface area contributed by atoms with Crippen molar-refractivity contribution in [2.45, 2.75) is 26.2 Å². The number of anilines is 2. The zero-order chi connectivity index (χ0) is 28.1. The molecule has 210 valence electrons. The Bertz CT molecular complexity index is 1440. The summed E-state index contributed by atoms with van der Waals surface area (Å²) in [6.45, 7) is 11.0. The van der Waals surface area contributed by atoms with Crippen LogP contribution in [0.4, 0.5) is 16.3 Å². The van der Waals surface area contributed by atoms with Gasteiger partial charge in [-0.2, -0.15) is 5.10 Å². The van der Waals surface area contributed by atoms with Gasteiger partial charge in [-0.05, 0) is 48.5 Å². The Kier molecular flexibility index (Phi) is 8.39. The average Bonchev–Trinajstić information content (AvgIpc) is 3.60. The molecule has 3 N–H and O–H groups in total. The molecule has 0 radical (unpaired) electrons. The number of aromatic amines is 1. The van der Waals surface area contributed by atoms with Crippen molar-refractivity contribution in [1.82, 2.24) is 20.3 Å². The third-order valence-corrected chi connectivity index (χ3v) is 6.83.